The Hall–Kier alpha value is -1.94. The van der Waals surface area contributed by atoms with Crippen LogP contribution in [0.5, 0.6) is 0 Å². The normalized spacial score (nSPS) is 10.3. The van der Waals surface area contributed by atoms with E-state index in [0.29, 0.717) is 17.7 Å². The van der Waals surface area contributed by atoms with E-state index in [2.05, 4.69) is 0 Å². The predicted octanol–water partition coefficient (Wildman–Crippen LogP) is 3.40. The van der Waals surface area contributed by atoms with Crippen molar-refractivity contribution < 1.29 is 4.39 Å². The molecular weight excluding hydrogens is 271 g/mol. The summed E-state index contributed by atoms with van der Waals surface area (Å²) in [6.45, 7) is 2.50. The van der Waals surface area contributed by atoms with Gasteiger partial charge in [0.25, 0.3) is 0 Å². The monoisotopic (exact) mass is 288 g/mol. The van der Waals surface area contributed by atoms with E-state index in [0.717, 1.165) is 5.69 Å². The molecule has 2 N–H and O–H groups in total. The number of anilines is 1. The van der Waals surface area contributed by atoms with Crippen LogP contribution < -0.4 is 10.6 Å². The van der Waals surface area contributed by atoms with Crippen molar-refractivity contribution in [1.29, 1.82) is 0 Å². The summed E-state index contributed by atoms with van der Waals surface area (Å²) in [6.07, 6.45) is 0. The van der Waals surface area contributed by atoms with E-state index in [4.69, 9.17) is 18.0 Å². The highest BCUT2D eigenvalue weighted by molar-refractivity contribution is 7.80. The second-order valence-electron chi connectivity index (χ2n) is 4.86. The maximum absolute atomic E-state index is 13.9. The molecule has 0 saturated heterocycles. The van der Waals surface area contributed by atoms with E-state index in [9.17, 15) is 4.39 Å². The molecule has 0 atom stereocenters. The van der Waals surface area contributed by atoms with Gasteiger partial charge in [-0.3, -0.25) is 0 Å². The first-order valence-corrected chi connectivity index (χ1v) is 6.74. The summed E-state index contributed by atoms with van der Waals surface area (Å²) >= 11 is 4.93. The van der Waals surface area contributed by atoms with Gasteiger partial charge >= 0.3 is 0 Å². The number of nitrogens with zero attached hydrogens (tertiary/aromatic N) is 1. The number of thiocarbonyl (C=S) groups is 1. The van der Waals surface area contributed by atoms with Crippen molar-refractivity contribution in [3.8, 4) is 0 Å². The molecule has 2 aromatic carbocycles. The van der Waals surface area contributed by atoms with Crippen molar-refractivity contribution in [3.05, 3.63) is 65.0 Å². The van der Waals surface area contributed by atoms with Gasteiger partial charge in [-0.25, -0.2) is 4.39 Å². The fraction of sp³-hybridized carbons (Fsp3) is 0.188. The van der Waals surface area contributed by atoms with Gasteiger partial charge in [0.05, 0.1) is 0 Å². The van der Waals surface area contributed by atoms with E-state index in [1.165, 1.54) is 11.6 Å². The Labute approximate surface area is 124 Å². The zero-order valence-corrected chi connectivity index (χ0v) is 12.4. The SMILES string of the molecule is Cc1ccc(N(C)Cc2cc(C(N)=S)ccc2F)cc1. The molecule has 0 spiro atoms. The smallest absolute Gasteiger partial charge is 0.128 e. The van der Waals surface area contributed by atoms with Crippen molar-refractivity contribution in [2.45, 2.75) is 13.5 Å². The zero-order chi connectivity index (χ0) is 14.7. The number of hydrogen-bond acceptors (Lipinski definition) is 2. The molecule has 0 heterocycles. The summed E-state index contributed by atoms with van der Waals surface area (Å²) in [7, 11) is 1.93. The Kier molecular flexibility index (Phi) is 4.35. The molecule has 0 fully saturated rings. The maximum atomic E-state index is 13.9. The number of aryl methyl sites for hydroxylation is 1. The topological polar surface area (TPSA) is 29.3 Å². The fourth-order valence-corrected chi connectivity index (χ4v) is 2.12. The van der Waals surface area contributed by atoms with Gasteiger partial charge in [-0.1, -0.05) is 29.9 Å². The largest absolute Gasteiger partial charge is 0.389 e. The van der Waals surface area contributed by atoms with E-state index < -0.39 is 0 Å². The van der Waals surface area contributed by atoms with Gasteiger partial charge in [0.2, 0.25) is 0 Å². The number of rotatable bonds is 4. The van der Waals surface area contributed by atoms with Gasteiger partial charge in [0.15, 0.2) is 0 Å². The Balaban J connectivity index is 2.22. The second-order valence-corrected chi connectivity index (χ2v) is 5.30. The average Bonchev–Trinajstić information content (AvgIpc) is 2.41. The first kappa shape index (κ1) is 14.5. The number of benzene rings is 2. The van der Waals surface area contributed by atoms with E-state index in [1.807, 2.05) is 43.1 Å². The Morgan fingerprint density at radius 2 is 1.85 bits per heavy atom. The molecule has 104 valence electrons. The molecule has 4 heteroatoms. The second kappa shape index (κ2) is 6.01. The minimum atomic E-state index is -0.246. The molecule has 0 aromatic heterocycles. The molecule has 0 unspecified atom stereocenters. The lowest BCUT2D eigenvalue weighted by atomic mass is 10.1. The molecule has 0 aliphatic carbocycles. The van der Waals surface area contributed by atoms with Gasteiger partial charge in [-0.15, -0.1) is 0 Å². The van der Waals surface area contributed by atoms with Crippen molar-refractivity contribution >= 4 is 22.9 Å². The van der Waals surface area contributed by atoms with Crippen LogP contribution in [-0.2, 0) is 6.54 Å². The van der Waals surface area contributed by atoms with Crippen LogP contribution >= 0.6 is 12.2 Å². The van der Waals surface area contributed by atoms with Gasteiger partial charge < -0.3 is 10.6 Å². The molecule has 0 amide bonds. The summed E-state index contributed by atoms with van der Waals surface area (Å²) < 4.78 is 13.9. The third kappa shape index (κ3) is 3.33. The molecule has 0 saturated carbocycles. The molecule has 0 aliphatic rings. The van der Waals surface area contributed by atoms with E-state index in [-0.39, 0.29) is 10.8 Å². The number of halogens is 1. The zero-order valence-electron chi connectivity index (χ0n) is 11.6. The van der Waals surface area contributed by atoms with Crippen LogP contribution in [0.3, 0.4) is 0 Å². The Morgan fingerprint density at radius 3 is 2.45 bits per heavy atom. The third-order valence-electron chi connectivity index (χ3n) is 3.21. The molecule has 0 bridgehead atoms. The Morgan fingerprint density at radius 1 is 1.20 bits per heavy atom. The van der Waals surface area contributed by atoms with Crippen LogP contribution in [0.2, 0.25) is 0 Å². The minimum absolute atomic E-state index is 0.246. The van der Waals surface area contributed by atoms with Gasteiger partial charge in [0.1, 0.15) is 10.8 Å². The lowest BCUT2D eigenvalue weighted by Crippen LogP contribution is -2.18. The van der Waals surface area contributed by atoms with Crippen LogP contribution in [0.4, 0.5) is 10.1 Å². The van der Waals surface area contributed by atoms with E-state index in [1.54, 1.807) is 12.1 Å². The van der Waals surface area contributed by atoms with Gasteiger partial charge in [-0.2, -0.15) is 0 Å². The molecule has 2 nitrogen and oxygen atoms in total. The van der Waals surface area contributed by atoms with Crippen molar-refractivity contribution in [1.82, 2.24) is 0 Å². The highest BCUT2D eigenvalue weighted by Gasteiger charge is 2.09. The summed E-state index contributed by atoms with van der Waals surface area (Å²) in [5.41, 5.74) is 9.09. The van der Waals surface area contributed by atoms with Crippen LogP contribution in [-0.4, -0.2) is 12.0 Å². The third-order valence-corrected chi connectivity index (χ3v) is 3.45. The number of hydrogen-bond donors (Lipinski definition) is 1. The standard InChI is InChI=1S/C16H17FN2S/c1-11-3-6-14(7-4-11)19(2)10-13-9-12(16(18)20)5-8-15(13)17/h3-9H,10H2,1-2H3,(H2,18,20). The van der Waals surface area contributed by atoms with Crippen LogP contribution in [0.25, 0.3) is 0 Å². The fourth-order valence-electron chi connectivity index (χ4n) is 2.00. The average molecular weight is 288 g/mol. The van der Waals surface area contributed by atoms with Crippen LogP contribution in [0, 0.1) is 12.7 Å². The quantitative estimate of drug-likeness (QED) is 0.874. The van der Waals surface area contributed by atoms with Crippen LogP contribution in [0.1, 0.15) is 16.7 Å². The molecular formula is C16H17FN2S. The first-order chi connectivity index (χ1) is 9.47. The first-order valence-electron chi connectivity index (χ1n) is 6.33. The predicted molar refractivity (Wildman–Crippen MR) is 85.6 cm³/mol. The van der Waals surface area contributed by atoms with Gasteiger partial charge in [-0.05, 0) is 37.3 Å². The number of nitrogens with two attached hydrogens (primary N) is 1. The van der Waals surface area contributed by atoms with Crippen molar-refractivity contribution in [2.75, 3.05) is 11.9 Å². The minimum Gasteiger partial charge on any atom is -0.389 e. The lowest BCUT2D eigenvalue weighted by molar-refractivity contribution is 0.608. The van der Waals surface area contributed by atoms with Crippen molar-refractivity contribution in [2.24, 2.45) is 5.73 Å². The van der Waals surface area contributed by atoms with E-state index >= 15 is 0 Å². The molecule has 2 aromatic rings. The lowest BCUT2D eigenvalue weighted by Gasteiger charge is -2.20. The highest BCUT2D eigenvalue weighted by atomic mass is 32.1. The summed E-state index contributed by atoms with van der Waals surface area (Å²) in [4.78, 5) is 2.27. The summed E-state index contributed by atoms with van der Waals surface area (Å²) in [5, 5.41) is 0. The van der Waals surface area contributed by atoms with Crippen molar-refractivity contribution in [3.63, 3.8) is 0 Å². The molecule has 20 heavy (non-hydrogen) atoms. The summed E-state index contributed by atoms with van der Waals surface area (Å²) in [6, 6.07) is 12.8. The highest BCUT2D eigenvalue weighted by Crippen LogP contribution is 2.18. The maximum Gasteiger partial charge on any atom is 0.128 e. The summed E-state index contributed by atoms with van der Waals surface area (Å²) in [5.74, 6) is -0.246. The van der Waals surface area contributed by atoms with Gasteiger partial charge in [0, 0.05) is 30.4 Å². The molecule has 0 radical (unpaired) electrons. The Bertz CT molecular complexity index is 623. The molecule has 2 rings (SSSR count). The molecule has 0 aliphatic heterocycles. The van der Waals surface area contributed by atoms with Crippen LogP contribution in [0.15, 0.2) is 42.5 Å².